The van der Waals surface area contributed by atoms with Crippen LogP contribution in [0.2, 0.25) is 0 Å². The molecule has 0 spiro atoms. The molecule has 0 aliphatic rings. The number of carbonyl (C=O) groups is 1. The molecule has 0 fully saturated rings. The number of aromatic nitrogens is 2. The number of amides is 1. The van der Waals surface area contributed by atoms with E-state index in [1.54, 1.807) is 7.11 Å². The lowest BCUT2D eigenvalue weighted by Gasteiger charge is -2.10. The second-order valence-corrected chi connectivity index (χ2v) is 8.52. The van der Waals surface area contributed by atoms with E-state index >= 15 is 0 Å². The van der Waals surface area contributed by atoms with Crippen LogP contribution in [0.25, 0.3) is 33.4 Å². The van der Waals surface area contributed by atoms with Gasteiger partial charge in [-0.15, -0.1) is 11.3 Å². The van der Waals surface area contributed by atoms with Gasteiger partial charge in [0.2, 0.25) is 0 Å². The molecule has 5 nitrogen and oxygen atoms in total. The first-order chi connectivity index (χ1) is 16.1. The van der Waals surface area contributed by atoms with E-state index < -0.39 is 0 Å². The van der Waals surface area contributed by atoms with Crippen LogP contribution in [0.1, 0.15) is 15.9 Å². The number of fused-ring (bicyclic) bond motifs is 1. The molecule has 33 heavy (non-hydrogen) atoms. The molecule has 0 aliphatic heterocycles. The fraction of sp³-hybridized carbons (Fsp3) is 0.0741. The topological polar surface area (TPSA) is 64.1 Å². The maximum absolute atomic E-state index is 13.3. The van der Waals surface area contributed by atoms with Crippen LogP contribution < -0.4 is 10.1 Å². The largest absolute Gasteiger partial charge is 0.497 e. The predicted octanol–water partition coefficient (Wildman–Crippen LogP) is 6.59. The number of carbonyl (C=O) groups excluding carboxylic acids is 1. The van der Waals surface area contributed by atoms with Crippen molar-refractivity contribution < 1.29 is 9.53 Å². The zero-order valence-corrected chi connectivity index (χ0v) is 19.0. The summed E-state index contributed by atoms with van der Waals surface area (Å²) in [7, 11) is 1.63. The third-order valence-electron chi connectivity index (χ3n) is 5.40. The van der Waals surface area contributed by atoms with Crippen LogP contribution in [0.3, 0.4) is 0 Å². The second kappa shape index (κ2) is 8.84. The second-order valence-electron chi connectivity index (χ2n) is 7.66. The number of nitrogens with zero attached hydrogens (tertiary/aromatic N) is 2. The third-order valence-corrected chi connectivity index (χ3v) is 6.16. The molecular weight excluding hydrogens is 430 g/mol. The summed E-state index contributed by atoms with van der Waals surface area (Å²) in [6.07, 6.45) is 0. The van der Waals surface area contributed by atoms with Crippen LogP contribution in [0.5, 0.6) is 5.75 Å². The summed E-state index contributed by atoms with van der Waals surface area (Å²) < 4.78 is 5.35. The molecule has 0 saturated heterocycles. The van der Waals surface area contributed by atoms with Gasteiger partial charge in [-0.1, -0.05) is 60.2 Å². The number of aryl methyl sites for hydroxylation is 1. The van der Waals surface area contributed by atoms with Gasteiger partial charge in [0.25, 0.3) is 5.91 Å². The van der Waals surface area contributed by atoms with Crippen LogP contribution in [-0.2, 0) is 0 Å². The van der Waals surface area contributed by atoms with Crippen LogP contribution in [0.15, 0.2) is 84.2 Å². The highest BCUT2D eigenvalue weighted by Gasteiger charge is 2.16. The first-order valence-electron chi connectivity index (χ1n) is 10.5. The Bertz CT molecular complexity index is 1460. The van der Waals surface area contributed by atoms with E-state index in [1.807, 2.05) is 72.1 Å². The van der Waals surface area contributed by atoms with Crippen molar-refractivity contribution in [3.63, 3.8) is 0 Å². The Morgan fingerprint density at radius 3 is 2.52 bits per heavy atom. The summed E-state index contributed by atoms with van der Waals surface area (Å²) in [5.74, 6) is 0.516. The fourth-order valence-electron chi connectivity index (χ4n) is 3.65. The standard InChI is InChI=1S/C27H21N3O2S/c1-17-10-12-18(13-11-17)25-16-33-27(29-25)30-26(31)22-15-24(19-6-5-7-20(14-19)32-2)28-23-9-4-3-8-21(22)23/h3-16H,1-2H3,(H,29,30,31). The van der Waals surface area contributed by atoms with Gasteiger partial charge in [0, 0.05) is 21.9 Å². The van der Waals surface area contributed by atoms with Crippen molar-refractivity contribution in [3.05, 3.63) is 95.4 Å². The lowest BCUT2D eigenvalue weighted by atomic mass is 10.0. The van der Waals surface area contributed by atoms with Crippen molar-refractivity contribution in [2.45, 2.75) is 6.92 Å². The number of hydrogen-bond acceptors (Lipinski definition) is 5. The molecule has 3 aromatic carbocycles. The highest BCUT2D eigenvalue weighted by atomic mass is 32.1. The molecule has 0 aliphatic carbocycles. The summed E-state index contributed by atoms with van der Waals surface area (Å²) in [4.78, 5) is 22.7. The maximum atomic E-state index is 13.3. The minimum absolute atomic E-state index is 0.220. The quantitative estimate of drug-likeness (QED) is 0.327. The van der Waals surface area contributed by atoms with Gasteiger partial charge in [-0.05, 0) is 31.2 Å². The Labute approximate surface area is 195 Å². The van der Waals surface area contributed by atoms with Crippen molar-refractivity contribution in [1.29, 1.82) is 0 Å². The highest BCUT2D eigenvalue weighted by Crippen LogP contribution is 2.29. The first-order valence-corrected chi connectivity index (χ1v) is 11.4. The molecule has 1 amide bonds. The molecule has 5 rings (SSSR count). The summed E-state index contributed by atoms with van der Waals surface area (Å²) in [6, 6.07) is 25.3. The van der Waals surface area contributed by atoms with Crippen molar-refractivity contribution in [2.24, 2.45) is 0 Å². The average Bonchev–Trinajstić information content (AvgIpc) is 3.32. The zero-order valence-electron chi connectivity index (χ0n) is 18.2. The molecule has 2 heterocycles. The molecule has 0 unspecified atom stereocenters. The van der Waals surface area contributed by atoms with Crippen LogP contribution in [-0.4, -0.2) is 23.0 Å². The fourth-order valence-corrected chi connectivity index (χ4v) is 4.36. The predicted molar refractivity (Wildman–Crippen MR) is 134 cm³/mol. The molecule has 1 N–H and O–H groups in total. The maximum Gasteiger partial charge on any atom is 0.258 e. The van der Waals surface area contributed by atoms with Gasteiger partial charge in [-0.25, -0.2) is 9.97 Å². The Morgan fingerprint density at radius 2 is 1.70 bits per heavy atom. The lowest BCUT2D eigenvalue weighted by Crippen LogP contribution is -2.13. The van der Waals surface area contributed by atoms with Crippen LogP contribution >= 0.6 is 11.3 Å². The van der Waals surface area contributed by atoms with E-state index in [1.165, 1.54) is 16.9 Å². The molecule has 2 aromatic heterocycles. The highest BCUT2D eigenvalue weighted by molar-refractivity contribution is 7.14. The normalized spacial score (nSPS) is 10.8. The van der Waals surface area contributed by atoms with Gasteiger partial charge in [0.05, 0.1) is 29.6 Å². The Balaban J connectivity index is 1.50. The van der Waals surface area contributed by atoms with Crippen LogP contribution in [0, 0.1) is 6.92 Å². The number of rotatable bonds is 5. The Morgan fingerprint density at radius 1 is 0.879 bits per heavy atom. The number of benzene rings is 3. The zero-order chi connectivity index (χ0) is 22.8. The smallest absolute Gasteiger partial charge is 0.258 e. The lowest BCUT2D eigenvalue weighted by molar-refractivity contribution is 0.102. The third kappa shape index (κ3) is 4.33. The minimum atomic E-state index is -0.220. The van der Waals surface area contributed by atoms with E-state index in [0.29, 0.717) is 16.4 Å². The number of ether oxygens (including phenoxy) is 1. The average molecular weight is 452 g/mol. The van der Waals surface area contributed by atoms with Crippen LogP contribution in [0.4, 0.5) is 5.13 Å². The number of thiazole rings is 1. The molecule has 6 heteroatoms. The van der Waals surface area contributed by atoms with Gasteiger partial charge in [0.1, 0.15) is 5.75 Å². The van der Waals surface area contributed by atoms with Crippen molar-refractivity contribution in [2.75, 3.05) is 12.4 Å². The van der Waals surface area contributed by atoms with E-state index in [9.17, 15) is 4.79 Å². The number of anilines is 1. The molecular formula is C27H21N3O2S. The Hall–Kier alpha value is -4.03. The summed E-state index contributed by atoms with van der Waals surface area (Å²) in [5.41, 5.74) is 5.94. The molecule has 5 aromatic rings. The summed E-state index contributed by atoms with van der Waals surface area (Å²) in [6.45, 7) is 2.05. The van der Waals surface area contributed by atoms with Gasteiger partial charge >= 0.3 is 0 Å². The number of pyridine rings is 1. The minimum Gasteiger partial charge on any atom is -0.497 e. The van der Waals surface area contributed by atoms with Gasteiger partial charge < -0.3 is 4.74 Å². The van der Waals surface area contributed by atoms with E-state index in [4.69, 9.17) is 9.72 Å². The molecule has 0 saturated carbocycles. The molecule has 0 radical (unpaired) electrons. The van der Waals surface area contributed by atoms with Crippen molar-refractivity contribution in [1.82, 2.24) is 9.97 Å². The Kier molecular flexibility index (Phi) is 5.59. The number of methoxy groups -OCH3 is 1. The summed E-state index contributed by atoms with van der Waals surface area (Å²) >= 11 is 1.41. The molecule has 0 bridgehead atoms. The van der Waals surface area contributed by atoms with Crippen molar-refractivity contribution in [3.8, 4) is 28.3 Å². The first kappa shape index (κ1) is 20.8. The number of nitrogens with one attached hydrogen (secondary N) is 1. The summed E-state index contributed by atoms with van der Waals surface area (Å²) in [5, 5.41) is 6.26. The van der Waals surface area contributed by atoms with E-state index in [-0.39, 0.29) is 5.91 Å². The SMILES string of the molecule is COc1cccc(-c2cc(C(=O)Nc3nc(-c4ccc(C)cc4)cs3)c3ccccc3n2)c1. The monoisotopic (exact) mass is 451 g/mol. The van der Waals surface area contributed by atoms with E-state index in [0.717, 1.165) is 33.5 Å². The van der Waals surface area contributed by atoms with Crippen molar-refractivity contribution >= 4 is 33.3 Å². The number of hydrogen-bond donors (Lipinski definition) is 1. The van der Waals surface area contributed by atoms with Gasteiger partial charge in [0.15, 0.2) is 5.13 Å². The molecule has 0 atom stereocenters. The van der Waals surface area contributed by atoms with Gasteiger partial charge in [-0.2, -0.15) is 0 Å². The number of para-hydroxylation sites is 1. The van der Waals surface area contributed by atoms with Gasteiger partial charge in [-0.3, -0.25) is 10.1 Å². The van der Waals surface area contributed by atoms with E-state index in [2.05, 4.69) is 29.4 Å². The molecule has 162 valence electrons.